The third kappa shape index (κ3) is 2.76. The largest absolute Gasteiger partial charge is 0.482 e. The number of anilines is 1. The van der Waals surface area contributed by atoms with E-state index < -0.39 is 0 Å². The van der Waals surface area contributed by atoms with Gasteiger partial charge in [0.2, 0.25) is 0 Å². The number of nitrogens with two attached hydrogens (primary N) is 1. The molecule has 1 heterocycles. The van der Waals surface area contributed by atoms with Crippen molar-refractivity contribution >= 4 is 17.4 Å². The highest BCUT2D eigenvalue weighted by molar-refractivity contribution is 6.01. The minimum absolute atomic E-state index is 0.000113. The summed E-state index contributed by atoms with van der Waals surface area (Å²) >= 11 is 0. The van der Waals surface area contributed by atoms with Crippen LogP contribution in [0.15, 0.2) is 18.2 Å². The predicted molar refractivity (Wildman–Crippen MR) is 72.3 cm³/mol. The summed E-state index contributed by atoms with van der Waals surface area (Å²) in [6.07, 6.45) is 0. The lowest BCUT2D eigenvalue weighted by molar-refractivity contribution is -0.118. The number of hydrogen-bond donors (Lipinski definition) is 2. The average Bonchev–Trinajstić information content (AvgIpc) is 2.38. The summed E-state index contributed by atoms with van der Waals surface area (Å²) in [5.41, 5.74) is 6.75. The number of carbonyl (C=O) groups excluding carboxylic acids is 2. The second-order valence-electron chi connectivity index (χ2n) is 5.00. The lowest BCUT2D eigenvalue weighted by Crippen LogP contribution is -2.29. The molecule has 0 saturated carbocycles. The molecule has 0 bridgehead atoms. The van der Waals surface area contributed by atoms with E-state index in [-0.39, 0.29) is 30.1 Å². The van der Waals surface area contributed by atoms with E-state index in [1.165, 1.54) is 0 Å². The highest BCUT2D eigenvalue weighted by atomic mass is 16.5. The zero-order valence-corrected chi connectivity index (χ0v) is 11.1. The number of hydrogen-bond acceptors (Lipinski definition) is 4. The smallest absolute Gasteiger partial charge is 0.262 e. The van der Waals surface area contributed by atoms with E-state index in [0.717, 1.165) is 0 Å². The van der Waals surface area contributed by atoms with Crippen LogP contribution in [-0.4, -0.2) is 24.8 Å². The van der Waals surface area contributed by atoms with Crippen molar-refractivity contribution in [3.8, 4) is 5.75 Å². The Morgan fingerprint density at radius 3 is 2.84 bits per heavy atom. The Labute approximate surface area is 112 Å². The highest BCUT2D eigenvalue weighted by Crippen LogP contribution is 2.29. The minimum Gasteiger partial charge on any atom is -0.482 e. The molecule has 1 amide bonds. The maximum atomic E-state index is 12.4. The molecule has 5 nitrogen and oxygen atoms in total. The van der Waals surface area contributed by atoms with Crippen molar-refractivity contribution < 1.29 is 14.3 Å². The number of rotatable bonds is 4. The van der Waals surface area contributed by atoms with E-state index >= 15 is 0 Å². The van der Waals surface area contributed by atoms with E-state index in [4.69, 9.17) is 10.5 Å². The summed E-state index contributed by atoms with van der Waals surface area (Å²) < 4.78 is 5.26. The molecule has 0 aromatic heterocycles. The summed E-state index contributed by atoms with van der Waals surface area (Å²) in [6, 6.07) is 5.07. The van der Waals surface area contributed by atoms with E-state index in [0.29, 0.717) is 23.5 Å². The molecule has 1 atom stereocenters. The van der Waals surface area contributed by atoms with Crippen LogP contribution in [-0.2, 0) is 4.79 Å². The molecule has 0 saturated heterocycles. The van der Waals surface area contributed by atoms with E-state index in [1.807, 2.05) is 13.8 Å². The summed E-state index contributed by atoms with van der Waals surface area (Å²) in [5, 5.41) is 2.69. The maximum absolute atomic E-state index is 12.4. The average molecular weight is 262 g/mol. The van der Waals surface area contributed by atoms with Gasteiger partial charge in [-0.15, -0.1) is 0 Å². The van der Waals surface area contributed by atoms with Crippen molar-refractivity contribution in [3.05, 3.63) is 23.8 Å². The summed E-state index contributed by atoms with van der Waals surface area (Å²) in [5.74, 6) is 0.346. The third-order valence-corrected chi connectivity index (χ3v) is 3.29. The quantitative estimate of drug-likeness (QED) is 0.804. The van der Waals surface area contributed by atoms with Gasteiger partial charge in [0.25, 0.3) is 5.91 Å². The van der Waals surface area contributed by atoms with Gasteiger partial charge in [-0.1, -0.05) is 13.8 Å². The molecule has 102 valence electrons. The fourth-order valence-corrected chi connectivity index (χ4v) is 2.13. The third-order valence-electron chi connectivity index (χ3n) is 3.29. The standard InChI is InChI=1S/C14H18N2O3/c1-8(2)10(6-15)14(18)9-3-4-12-11(5-9)16-13(17)7-19-12/h3-5,8,10H,6-7,15H2,1-2H3,(H,16,17). The molecular weight excluding hydrogens is 244 g/mol. The van der Waals surface area contributed by atoms with Crippen molar-refractivity contribution in [1.82, 2.24) is 0 Å². The second-order valence-corrected chi connectivity index (χ2v) is 5.00. The lowest BCUT2D eigenvalue weighted by atomic mass is 9.88. The molecule has 0 radical (unpaired) electrons. The molecule has 1 aromatic carbocycles. The van der Waals surface area contributed by atoms with Gasteiger partial charge in [-0.3, -0.25) is 9.59 Å². The van der Waals surface area contributed by atoms with E-state index in [2.05, 4.69) is 5.32 Å². The molecule has 3 N–H and O–H groups in total. The minimum atomic E-state index is -0.212. The number of ketones is 1. The Bertz CT molecular complexity index is 511. The Balaban J connectivity index is 2.29. The molecule has 1 aliphatic rings. The van der Waals surface area contributed by atoms with Crippen LogP contribution < -0.4 is 15.8 Å². The van der Waals surface area contributed by atoms with Gasteiger partial charge < -0.3 is 15.8 Å². The van der Waals surface area contributed by atoms with E-state index in [9.17, 15) is 9.59 Å². The Kier molecular flexibility index (Phi) is 3.85. The first-order valence-corrected chi connectivity index (χ1v) is 6.34. The van der Waals surface area contributed by atoms with Gasteiger partial charge in [-0.25, -0.2) is 0 Å². The number of carbonyl (C=O) groups is 2. The van der Waals surface area contributed by atoms with Crippen LogP contribution in [0.4, 0.5) is 5.69 Å². The molecule has 1 unspecified atom stereocenters. The molecule has 5 heteroatoms. The number of fused-ring (bicyclic) bond motifs is 1. The fraction of sp³-hybridized carbons (Fsp3) is 0.429. The topological polar surface area (TPSA) is 81.4 Å². The zero-order chi connectivity index (χ0) is 14.0. The lowest BCUT2D eigenvalue weighted by Gasteiger charge is -2.21. The molecule has 0 aliphatic carbocycles. The molecule has 2 rings (SSSR count). The van der Waals surface area contributed by atoms with Crippen molar-refractivity contribution in [2.45, 2.75) is 13.8 Å². The van der Waals surface area contributed by atoms with Crippen molar-refractivity contribution in [1.29, 1.82) is 0 Å². The Hall–Kier alpha value is -1.88. The fourth-order valence-electron chi connectivity index (χ4n) is 2.13. The zero-order valence-electron chi connectivity index (χ0n) is 11.1. The molecule has 19 heavy (non-hydrogen) atoms. The van der Waals surface area contributed by atoms with Gasteiger partial charge in [0.05, 0.1) is 5.69 Å². The molecule has 0 fully saturated rings. The van der Waals surface area contributed by atoms with Crippen LogP contribution >= 0.6 is 0 Å². The first-order chi connectivity index (χ1) is 9.02. The molecule has 1 aromatic rings. The van der Waals surface area contributed by atoms with Gasteiger partial charge in [-0.05, 0) is 24.1 Å². The number of benzene rings is 1. The molecule has 0 spiro atoms. The number of ether oxygens (including phenoxy) is 1. The second kappa shape index (κ2) is 5.40. The number of Topliss-reactive ketones (excluding diaryl/α,β-unsaturated/α-hetero) is 1. The number of amides is 1. The Morgan fingerprint density at radius 2 is 2.21 bits per heavy atom. The maximum Gasteiger partial charge on any atom is 0.262 e. The summed E-state index contributed by atoms with van der Waals surface area (Å²) in [7, 11) is 0. The van der Waals surface area contributed by atoms with Crippen molar-refractivity contribution in [3.63, 3.8) is 0 Å². The van der Waals surface area contributed by atoms with Crippen LogP contribution in [0.5, 0.6) is 5.75 Å². The van der Waals surface area contributed by atoms with Gasteiger partial charge in [-0.2, -0.15) is 0 Å². The summed E-state index contributed by atoms with van der Waals surface area (Å²) in [4.78, 5) is 23.6. The van der Waals surface area contributed by atoms with Crippen LogP contribution in [0.25, 0.3) is 0 Å². The van der Waals surface area contributed by atoms with Gasteiger partial charge >= 0.3 is 0 Å². The Morgan fingerprint density at radius 1 is 1.47 bits per heavy atom. The van der Waals surface area contributed by atoms with Crippen molar-refractivity contribution in [2.75, 3.05) is 18.5 Å². The summed E-state index contributed by atoms with van der Waals surface area (Å²) in [6.45, 7) is 4.27. The number of nitrogens with one attached hydrogen (secondary N) is 1. The SMILES string of the molecule is CC(C)C(CN)C(=O)c1ccc2c(c1)NC(=O)CO2. The van der Waals surface area contributed by atoms with Crippen LogP contribution in [0.3, 0.4) is 0 Å². The van der Waals surface area contributed by atoms with E-state index in [1.54, 1.807) is 18.2 Å². The normalized spacial score (nSPS) is 15.5. The van der Waals surface area contributed by atoms with Crippen LogP contribution in [0.1, 0.15) is 24.2 Å². The van der Waals surface area contributed by atoms with Crippen LogP contribution in [0.2, 0.25) is 0 Å². The van der Waals surface area contributed by atoms with Crippen molar-refractivity contribution in [2.24, 2.45) is 17.6 Å². The van der Waals surface area contributed by atoms with Gasteiger partial charge in [0.1, 0.15) is 5.75 Å². The monoisotopic (exact) mass is 262 g/mol. The highest BCUT2D eigenvalue weighted by Gasteiger charge is 2.24. The molecular formula is C14H18N2O3. The van der Waals surface area contributed by atoms with Crippen LogP contribution in [0, 0.1) is 11.8 Å². The molecule has 1 aliphatic heterocycles. The predicted octanol–water partition coefficient (Wildman–Crippen LogP) is 1.43. The van der Waals surface area contributed by atoms with Gasteiger partial charge in [0, 0.05) is 18.0 Å². The first-order valence-electron chi connectivity index (χ1n) is 6.34. The van der Waals surface area contributed by atoms with Gasteiger partial charge in [0.15, 0.2) is 12.4 Å². The first kappa shape index (κ1) is 13.5.